The second-order valence-electron chi connectivity index (χ2n) is 5.83. The first-order valence-electron chi connectivity index (χ1n) is 7.69. The van der Waals surface area contributed by atoms with Crippen molar-refractivity contribution in [1.82, 2.24) is 15.3 Å². The highest BCUT2D eigenvalue weighted by Gasteiger charge is 2.20. The maximum Gasteiger partial charge on any atom is 0.150 e. The molecule has 7 heteroatoms. The fourth-order valence-electron chi connectivity index (χ4n) is 2.95. The molecule has 24 heavy (non-hydrogen) atoms. The van der Waals surface area contributed by atoms with E-state index in [2.05, 4.69) is 33.2 Å². The van der Waals surface area contributed by atoms with E-state index in [4.69, 9.17) is 0 Å². The van der Waals surface area contributed by atoms with Crippen LogP contribution in [-0.4, -0.2) is 35.6 Å². The van der Waals surface area contributed by atoms with E-state index in [1.54, 1.807) is 29.8 Å². The highest BCUT2D eigenvalue weighted by atomic mass is 35.5. The molecule has 0 radical (unpaired) electrons. The van der Waals surface area contributed by atoms with E-state index in [-0.39, 0.29) is 18.2 Å². The summed E-state index contributed by atoms with van der Waals surface area (Å²) in [4.78, 5) is 12.3. The van der Waals surface area contributed by atoms with Gasteiger partial charge in [0.25, 0.3) is 0 Å². The molecule has 0 amide bonds. The van der Waals surface area contributed by atoms with Gasteiger partial charge < -0.3 is 10.2 Å². The van der Waals surface area contributed by atoms with E-state index in [1.807, 2.05) is 0 Å². The molecule has 2 aromatic heterocycles. The lowest BCUT2D eigenvalue weighted by Crippen LogP contribution is -2.49. The number of hydrogen-bond donors (Lipinski definition) is 1. The SMILES string of the molecule is C[C@@H]1CN(c2ncnc3cc(-c4ccc(F)cc4)sc23)CCN1.Cl. The van der Waals surface area contributed by atoms with E-state index in [0.717, 1.165) is 46.1 Å². The predicted octanol–water partition coefficient (Wildman–Crippen LogP) is 3.72. The van der Waals surface area contributed by atoms with Crippen molar-refractivity contribution in [2.75, 3.05) is 24.5 Å². The second kappa shape index (κ2) is 7.01. The van der Waals surface area contributed by atoms with Crippen molar-refractivity contribution in [2.24, 2.45) is 0 Å². The van der Waals surface area contributed by atoms with E-state index >= 15 is 0 Å². The Morgan fingerprint density at radius 1 is 1.25 bits per heavy atom. The molecular formula is C17H18ClFN4S. The summed E-state index contributed by atoms with van der Waals surface area (Å²) in [6.45, 7) is 5.03. The quantitative estimate of drug-likeness (QED) is 0.752. The molecule has 0 saturated carbocycles. The number of nitrogens with zero attached hydrogens (tertiary/aromatic N) is 3. The number of hydrogen-bond acceptors (Lipinski definition) is 5. The van der Waals surface area contributed by atoms with Gasteiger partial charge in [-0.2, -0.15) is 0 Å². The van der Waals surface area contributed by atoms with Gasteiger partial charge >= 0.3 is 0 Å². The lowest BCUT2D eigenvalue weighted by Gasteiger charge is -2.32. The molecule has 1 aliphatic rings. The Bertz CT molecular complexity index is 836. The van der Waals surface area contributed by atoms with Gasteiger partial charge in [0, 0.05) is 30.6 Å². The highest BCUT2D eigenvalue weighted by Crippen LogP contribution is 2.37. The molecule has 126 valence electrons. The zero-order valence-corrected chi connectivity index (χ0v) is 14.8. The summed E-state index contributed by atoms with van der Waals surface area (Å²) >= 11 is 1.67. The number of piperazine rings is 1. The van der Waals surface area contributed by atoms with Gasteiger partial charge in [-0.1, -0.05) is 12.1 Å². The minimum atomic E-state index is -0.217. The van der Waals surface area contributed by atoms with Crippen LogP contribution < -0.4 is 10.2 Å². The lowest BCUT2D eigenvalue weighted by molar-refractivity contribution is 0.483. The Balaban J connectivity index is 0.00000169. The van der Waals surface area contributed by atoms with Crippen molar-refractivity contribution in [3.8, 4) is 10.4 Å². The summed E-state index contributed by atoms with van der Waals surface area (Å²) in [6, 6.07) is 9.10. The summed E-state index contributed by atoms with van der Waals surface area (Å²) < 4.78 is 14.2. The first-order valence-corrected chi connectivity index (χ1v) is 8.51. The molecule has 4 rings (SSSR count). The van der Waals surface area contributed by atoms with Crippen LogP contribution in [0.2, 0.25) is 0 Å². The molecule has 0 bridgehead atoms. The van der Waals surface area contributed by atoms with E-state index in [0.29, 0.717) is 6.04 Å². The van der Waals surface area contributed by atoms with Crippen LogP contribution >= 0.6 is 23.7 Å². The number of anilines is 1. The standard InChI is InChI=1S/C17H17FN4S.ClH/c1-11-9-22(7-6-19-11)17-16-14(20-10-21-17)8-15(23-16)12-2-4-13(18)5-3-12;/h2-5,8,10-11,19H,6-7,9H2,1H3;1H/t11-;/m1./s1. The summed E-state index contributed by atoms with van der Waals surface area (Å²) in [5.74, 6) is 0.784. The number of halogens is 2. The molecule has 0 unspecified atom stereocenters. The molecule has 0 spiro atoms. The second-order valence-corrected chi connectivity index (χ2v) is 6.88. The van der Waals surface area contributed by atoms with Crippen molar-refractivity contribution >= 4 is 39.8 Å². The Morgan fingerprint density at radius 3 is 2.79 bits per heavy atom. The van der Waals surface area contributed by atoms with Gasteiger partial charge in [-0.3, -0.25) is 0 Å². The lowest BCUT2D eigenvalue weighted by atomic mass is 10.2. The number of rotatable bonds is 2. The van der Waals surface area contributed by atoms with Crippen molar-refractivity contribution in [3.05, 3.63) is 42.5 Å². The number of nitrogens with one attached hydrogen (secondary N) is 1. The number of benzene rings is 1. The average Bonchev–Trinajstić information content (AvgIpc) is 2.99. The minimum Gasteiger partial charge on any atom is -0.353 e. The molecule has 4 nitrogen and oxygen atoms in total. The van der Waals surface area contributed by atoms with Crippen molar-refractivity contribution < 1.29 is 4.39 Å². The van der Waals surface area contributed by atoms with Gasteiger partial charge in [-0.15, -0.1) is 23.7 Å². The summed E-state index contributed by atoms with van der Waals surface area (Å²) in [6.07, 6.45) is 1.63. The molecule has 1 aromatic carbocycles. The highest BCUT2D eigenvalue weighted by molar-refractivity contribution is 7.22. The molecular weight excluding hydrogens is 347 g/mol. The molecule has 1 aliphatic heterocycles. The smallest absolute Gasteiger partial charge is 0.150 e. The van der Waals surface area contributed by atoms with Crippen LogP contribution in [0, 0.1) is 5.82 Å². The van der Waals surface area contributed by atoms with Gasteiger partial charge in [0.2, 0.25) is 0 Å². The van der Waals surface area contributed by atoms with Crippen LogP contribution in [-0.2, 0) is 0 Å². The third kappa shape index (κ3) is 3.22. The van der Waals surface area contributed by atoms with E-state index in [9.17, 15) is 4.39 Å². The molecule has 1 saturated heterocycles. The first-order chi connectivity index (χ1) is 11.2. The number of fused-ring (bicyclic) bond motifs is 1. The molecule has 1 N–H and O–H groups in total. The molecule has 3 aromatic rings. The fraction of sp³-hybridized carbons (Fsp3) is 0.294. The number of thiophene rings is 1. The average molecular weight is 365 g/mol. The minimum absolute atomic E-state index is 0. The van der Waals surface area contributed by atoms with Gasteiger partial charge in [-0.05, 0) is 30.7 Å². The van der Waals surface area contributed by atoms with Crippen molar-refractivity contribution in [3.63, 3.8) is 0 Å². The normalized spacial score (nSPS) is 17.8. The molecule has 3 heterocycles. The first kappa shape index (κ1) is 17.1. The summed E-state index contributed by atoms with van der Waals surface area (Å²) in [5.41, 5.74) is 1.96. The van der Waals surface area contributed by atoms with Gasteiger partial charge in [0.1, 0.15) is 18.0 Å². The van der Waals surface area contributed by atoms with Gasteiger partial charge in [0.05, 0.1) is 10.2 Å². The Labute approximate surface area is 150 Å². The fourth-order valence-corrected chi connectivity index (χ4v) is 4.08. The maximum atomic E-state index is 13.1. The van der Waals surface area contributed by atoms with Crippen LogP contribution in [0.15, 0.2) is 36.7 Å². The Hall–Kier alpha value is -1.76. The van der Waals surface area contributed by atoms with Crippen LogP contribution in [0.3, 0.4) is 0 Å². The van der Waals surface area contributed by atoms with Gasteiger partial charge in [-0.25, -0.2) is 14.4 Å². The van der Waals surface area contributed by atoms with Crippen molar-refractivity contribution in [1.29, 1.82) is 0 Å². The molecule has 1 fully saturated rings. The Morgan fingerprint density at radius 2 is 2.04 bits per heavy atom. The Kier molecular flexibility index (Phi) is 4.99. The topological polar surface area (TPSA) is 41.1 Å². The molecule has 1 atom stereocenters. The van der Waals surface area contributed by atoms with Crippen LogP contribution in [0.25, 0.3) is 20.7 Å². The van der Waals surface area contributed by atoms with Crippen LogP contribution in [0.5, 0.6) is 0 Å². The zero-order chi connectivity index (χ0) is 15.8. The van der Waals surface area contributed by atoms with E-state index in [1.165, 1.54) is 12.1 Å². The van der Waals surface area contributed by atoms with Crippen LogP contribution in [0.1, 0.15) is 6.92 Å². The number of aromatic nitrogens is 2. The third-order valence-electron chi connectivity index (χ3n) is 4.09. The van der Waals surface area contributed by atoms with Crippen molar-refractivity contribution in [2.45, 2.75) is 13.0 Å². The van der Waals surface area contributed by atoms with E-state index < -0.39 is 0 Å². The largest absolute Gasteiger partial charge is 0.353 e. The summed E-state index contributed by atoms with van der Waals surface area (Å²) in [7, 11) is 0. The third-order valence-corrected chi connectivity index (χ3v) is 5.26. The predicted molar refractivity (Wildman–Crippen MR) is 99.7 cm³/mol. The summed E-state index contributed by atoms with van der Waals surface area (Å²) in [5, 5.41) is 3.45. The van der Waals surface area contributed by atoms with Gasteiger partial charge in [0.15, 0.2) is 0 Å². The maximum absolute atomic E-state index is 13.1. The molecule has 0 aliphatic carbocycles. The monoisotopic (exact) mass is 364 g/mol. The zero-order valence-electron chi connectivity index (χ0n) is 13.2. The van der Waals surface area contributed by atoms with Crippen LogP contribution in [0.4, 0.5) is 10.2 Å².